The third-order valence-electron chi connectivity index (χ3n) is 3.88. The van der Waals surface area contributed by atoms with Crippen LogP contribution in [-0.2, 0) is 14.3 Å². The van der Waals surface area contributed by atoms with Crippen molar-refractivity contribution < 1.29 is 14.3 Å². The van der Waals surface area contributed by atoms with Crippen LogP contribution in [0, 0.1) is 5.41 Å². The van der Waals surface area contributed by atoms with E-state index in [0.29, 0.717) is 19.3 Å². The van der Waals surface area contributed by atoms with Gasteiger partial charge in [0, 0.05) is 12.6 Å². The SMILES string of the molecule is COC(=O)C1(CN(C)C2CCCC2)COC1. The first-order valence-electron chi connectivity index (χ1n) is 6.04. The smallest absolute Gasteiger partial charge is 0.317 e. The number of carbonyl (C=O) groups is 1. The van der Waals surface area contributed by atoms with Crippen LogP contribution in [0.4, 0.5) is 0 Å². The quantitative estimate of drug-likeness (QED) is 0.673. The monoisotopic (exact) mass is 227 g/mol. The van der Waals surface area contributed by atoms with Crippen molar-refractivity contribution in [2.45, 2.75) is 31.7 Å². The number of esters is 1. The molecule has 4 heteroatoms. The summed E-state index contributed by atoms with van der Waals surface area (Å²) in [4.78, 5) is 14.0. The van der Waals surface area contributed by atoms with Gasteiger partial charge in [-0.25, -0.2) is 0 Å². The maximum Gasteiger partial charge on any atom is 0.317 e. The summed E-state index contributed by atoms with van der Waals surface area (Å²) in [5.74, 6) is -0.122. The minimum atomic E-state index is -0.397. The van der Waals surface area contributed by atoms with Crippen LogP contribution >= 0.6 is 0 Å². The highest BCUT2D eigenvalue weighted by Crippen LogP contribution is 2.32. The van der Waals surface area contributed by atoms with Gasteiger partial charge < -0.3 is 14.4 Å². The molecule has 0 aromatic heterocycles. The predicted octanol–water partition coefficient (Wildman–Crippen LogP) is 1.05. The van der Waals surface area contributed by atoms with E-state index in [-0.39, 0.29) is 5.97 Å². The average Bonchev–Trinajstić information content (AvgIpc) is 2.75. The highest BCUT2D eigenvalue weighted by atomic mass is 16.5. The summed E-state index contributed by atoms with van der Waals surface area (Å²) in [6.45, 7) is 1.79. The Morgan fingerprint density at radius 3 is 2.50 bits per heavy atom. The number of methoxy groups -OCH3 is 1. The predicted molar refractivity (Wildman–Crippen MR) is 60.2 cm³/mol. The molecule has 0 spiro atoms. The van der Waals surface area contributed by atoms with E-state index in [1.807, 2.05) is 0 Å². The van der Waals surface area contributed by atoms with Gasteiger partial charge in [-0.2, -0.15) is 0 Å². The number of carbonyl (C=O) groups excluding carboxylic acids is 1. The van der Waals surface area contributed by atoms with Crippen molar-refractivity contribution in [2.75, 3.05) is 33.9 Å². The molecule has 2 aliphatic rings. The molecule has 2 rings (SSSR count). The van der Waals surface area contributed by atoms with Crippen molar-refractivity contribution in [3.63, 3.8) is 0 Å². The summed E-state index contributed by atoms with van der Waals surface area (Å²) in [5, 5.41) is 0. The van der Waals surface area contributed by atoms with Gasteiger partial charge >= 0.3 is 5.97 Å². The molecule has 1 heterocycles. The Morgan fingerprint density at radius 1 is 1.44 bits per heavy atom. The zero-order valence-corrected chi connectivity index (χ0v) is 10.2. The number of nitrogens with zero attached hydrogens (tertiary/aromatic N) is 1. The van der Waals surface area contributed by atoms with E-state index in [0.717, 1.165) is 6.54 Å². The van der Waals surface area contributed by atoms with Crippen molar-refractivity contribution >= 4 is 5.97 Å². The van der Waals surface area contributed by atoms with Crippen LogP contribution in [-0.4, -0.2) is 50.8 Å². The number of hydrogen-bond donors (Lipinski definition) is 0. The van der Waals surface area contributed by atoms with Crippen LogP contribution in [0.5, 0.6) is 0 Å². The second kappa shape index (κ2) is 4.72. The summed E-state index contributed by atoms with van der Waals surface area (Å²) < 4.78 is 10.1. The van der Waals surface area contributed by atoms with Gasteiger partial charge in [0.1, 0.15) is 5.41 Å². The Bertz CT molecular complexity index is 257. The van der Waals surface area contributed by atoms with E-state index in [1.54, 1.807) is 0 Å². The van der Waals surface area contributed by atoms with Gasteiger partial charge in [0.15, 0.2) is 0 Å². The van der Waals surface area contributed by atoms with Gasteiger partial charge in [-0.15, -0.1) is 0 Å². The Labute approximate surface area is 96.9 Å². The fraction of sp³-hybridized carbons (Fsp3) is 0.917. The fourth-order valence-corrected chi connectivity index (χ4v) is 2.79. The lowest BCUT2D eigenvalue weighted by atomic mass is 9.85. The average molecular weight is 227 g/mol. The summed E-state index contributed by atoms with van der Waals surface area (Å²) >= 11 is 0. The molecule has 0 radical (unpaired) electrons. The minimum Gasteiger partial charge on any atom is -0.468 e. The van der Waals surface area contributed by atoms with E-state index in [4.69, 9.17) is 9.47 Å². The molecule has 92 valence electrons. The lowest BCUT2D eigenvalue weighted by molar-refractivity contribution is -0.187. The van der Waals surface area contributed by atoms with Gasteiger partial charge in [-0.3, -0.25) is 4.79 Å². The van der Waals surface area contributed by atoms with Gasteiger partial charge in [0.05, 0.1) is 20.3 Å². The molecule has 4 nitrogen and oxygen atoms in total. The standard InChI is InChI=1S/C12H21NO3/c1-13(10-5-3-4-6-10)7-12(8-16-9-12)11(14)15-2/h10H,3-9H2,1-2H3. The van der Waals surface area contributed by atoms with Gasteiger partial charge in [0.25, 0.3) is 0 Å². The van der Waals surface area contributed by atoms with Crippen LogP contribution in [0.1, 0.15) is 25.7 Å². The van der Waals surface area contributed by atoms with E-state index in [1.165, 1.54) is 32.8 Å². The van der Waals surface area contributed by atoms with E-state index >= 15 is 0 Å². The van der Waals surface area contributed by atoms with Gasteiger partial charge in [-0.05, 0) is 19.9 Å². The topological polar surface area (TPSA) is 38.8 Å². The molecule has 0 amide bonds. The van der Waals surface area contributed by atoms with Crippen LogP contribution in [0.25, 0.3) is 0 Å². The lowest BCUT2D eigenvalue weighted by Crippen LogP contribution is -2.56. The molecule has 0 aromatic carbocycles. The third-order valence-corrected chi connectivity index (χ3v) is 3.88. The Balaban J connectivity index is 1.93. The van der Waals surface area contributed by atoms with Gasteiger partial charge in [-0.1, -0.05) is 12.8 Å². The molecule has 2 fully saturated rings. The van der Waals surface area contributed by atoms with Crippen molar-refractivity contribution in [3.8, 4) is 0 Å². The lowest BCUT2D eigenvalue weighted by Gasteiger charge is -2.42. The highest BCUT2D eigenvalue weighted by Gasteiger charge is 2.48. The first-order chi connectivity index (χ1) is 7.68. The van der Waals surface area contributed by atoms with E-state index < -0.39 is 5.41 Å². The largest absolute Gasteiger partial charge is 0.468 e. The van der Waals surface area contributed by atoms with Crippen molar-refractivity contribution in [1.29, 1.82) is 0 Å². The molecule has 0 bridgehead atoms. The van der Waals surface area contributed by atoms with Crippen molar-refractivity contribution in [2.24, 2.45) is 5.41 Å². The Kier molecular flexibility index (Phi) is 3.50. The molecule has 1 saturated carbocycles. The van der Waals surface area contributed by atoms with Crippen LogP contribution in [0.15, 0.2) is 0 Å². The number of ether oxygens (including phenoxy) is 2. The second-order valence-corrected chi connectivity index (χ2v) is 5.12. The highest BCUT2D eigenvalue weighted by molar-refractivity contribution is 5.78. The first kappa shape index (κ1) is 11.9. The fourth-order valence-electron chi connectivity index (χ4n) is 2.79. The maximum atomic E-state index is 11.7. The molecule has 1 saturated heterocycles. The molecular formula is C12H21NO3. The van der Waals surface area contributed by atoms with Gasteiger partial charge in [0.2, 0.25) is 0 Å². The van der Waals surface area contributed by atoms with E-state index in [2.05, 4.69) is 11.9 Å². The molecule has 1 aliphatic carbocycles. The molecular weight excluding hydrogens is 206 g/mol. The Morgan fingerprint density at radius 2 is 2.06 bits per heavy atom. The summed E-state index contributed by atoms with van der Waals surface area (Å²) in [7, 11) is 3.57. The van der Waals surface area contributed by atoms with Crippen LogP contribution < -0.4 is 0 Å². The zero-order valence-electron chi connectivity index (χ0n) is 10.2. The molecule has 0 N–H and O–H groups in total. The second-order valence-electron chi connectivity index (χ2n) is 5.12. The Hall–Kier alpha value is -0.610. The summed E-state index contributed by atoms with van der Waals surface area (Å²) in [6, 6.07) is 0.641. The summed E-state index contributed by atoms with van der Waals surface area (Å²) in [5.41, 5.74) is -0.397. The van der Waals surface area contributed by atoms with Crippen LogP contribution in [0.2, 0.25) is 0 Å². The third kappa shape index (κ3) is 2.09. The maximum absolute atomic E-state index is 11.7. The molecule has 0 unspecified atom stereocenters. The van der Waals surface area contributed by atoms with Crippen molar-refractivity contribution in [3.05, 3.63) is 0 Å². The zero-order chi connectivity index (χ0) is 11.6. The minimum absolute atomic E-state index is 0.122. The normalized spacial score (nSPS) is 24.4. The molecule has 0 atom stereocenters. The molecule has 1 aliphatic heterocycles. The first-order valence-corrected chi connectivity index (χ1v) is 6.04. The van der Waals surface area contributed by atoms with E-state index in [9.17, 15) is 4.79 Å². The summed E-state index contributed by atoms with van der Waals surface area (Å²) in [6.07, 6.45) is 5.15. The number of rotatable bonds is 4. The number of hydrogen-bond acceptors (Lipinski definition) is 4. The molecule has 16 heavy (non-hydrogen) atoms. The van der Waals surface area contributed by atoms with Crippen LogP contribution in [0.3, 0.4) is 0 Å². The van der Waals surface area contributed by atoms with Crippen molar-refractivity contribution in [1.82, 2.24) is 4.90 Å². The molecule has 0 aromatic rings.